The van der Waals surface area contributed by atoms with Crippen LogP contribution in [0.1, 0.15) is 0 Å². The zero-order valence-electron chi connectivity index (χ0n) is 7.41. The topological polar surface area (TPSA) is 69.6 Å². The molecule has 0 bridgehead atoms. The lowest BCUT2D eigenvalue weighted by molar-refractivity contribution is -0.153. The molecular formula is C6H12F2N2O3S. The van der Waals surface area contributed by atoms with Crippen LogP contribution in [0, 0.1) is 0 Å². The van der Waals surface area contributed by atoms with Crippen LogP contribution in [0.25, 0.3) is 0 Å². The van der Waals surface area contributed by atoms with E-state index in [0.29, 0.717) is 6.54 Å². The van der Waals surface area contributed by atoms with Gasteiger partial charge in [0.2, 0.25) is 0 Å². The molecule has 2 N–H and O–H groups in total. The molecule has 8 heteroatoms. The third-order valence-electron chi connectivity index (χ3n) is 1.98. The van der Waals surface area contributed by atoms with Gasteiger partial charge in [-0.25, -0.2) is 4.90 Å². The Morgan fingerprint density at radius 3 is 2.64 bits per heavy atom. The summed E-state index contributed by atoms with van der Waals surface area (Å²) in [5, 5.41) is 2.50. The number of hydrogen-bond acceptors (Lipinski definition) is 4. The highest BCUT2D eigenvalue weighted by atomic mass is 32.2. The molecule has 0 aromatic heterocycles. The van der Waals surface area contributed by atoms with Crippen molar-refractivity contribution in [2.24, 2.45) is 0 Å². The molecule has 0 aromatic rings. The Hall–Kier alpha value is -0.310. The van der Waals surface area contributed by atoms with E-state index in [4.69, 9.17) is 4.55 Å². The maximum absolute atomic E-state index is 13.0. The fraction of sp³-hybridized carbons (Fsp3) is 1.00. The molecule has 1 saturated heterocycles. The Kier molecular flexibility index (Phi) is 3.40. The molecule has 0 unspecified atom stereocenters. The minimum absolute atomic E-state index is 0.0719. The largest absolute Gasteiger partial charge is 0.317 e. The van der Waals surface area contributed by atoms with Gasteiger partial charge in [0.15, 0.2) is 0 Å². The summed E-state index contributed by atoms with van der Waals surface area (Å²) in [6.45, 7) is -0.379. The quantitative estimate of drug-likeness (QED) is 0.499. The number of alkyl halides is 2. The fourth-order valence-electron chi connectivity index (χ4n) is 1.23. The van der Waals surface area contributed by atoms with Gasteiger partial charge in [0.05, 0.1) is 12.3 Å². The average Bonchev–Trinajstić information content (AvgIpc) is 2.00. The molecule has 0 aliphatic carbocycles. The summed E-state index contributed by atoms with van der Waals surface area (Å²) in [4.78, 5) is 0.747. The van der Waals surface area contributed by atoms with Crippen LogP contribution in [0.2, 0.25) is 0 Å². The molecule has 0 spiro atoms. The highest BCUT2D eigenvalue weighted by molar-refractivity contribution is 7.85. The van der Waals surface area contributed by atoms with Crippen molar-refractivity contribution < 1.29 is 21.8 Å². The van der Waals surface area contributed by atoms with Crippen LogP contribution in [0.3, 0.4) is 0 Å². The van der Waals surface area contributed by atoms with Gasteiger partial charge >= 0.3 is 6.05 Å². The van der Waals surface area contributed by atoms with Gasteiger partial charge in [0, 0.05) is 19.6 Å². The van der Waals surface area contributed by atoms with Gasteiger partial charge < -0.3 is 5.32 Å². The second-order valence-electron chi connectivity index (χ2n) is 3.12. The Bertz CT molecular complexity index is 293. The molecule has 1 fully saturated rings. The Labute approximate surface area is 80.8 Å². The van der Waals surface area contributed by atoms with Crippen molar-refractivity contribution in [1.29, 1.82) is 0 Å². The van der Waals surface area contributed by atoms with Crippen molar-refractivity contribution in [3.05, 3.63) is 0 Å². The monoisotopic (exact) mass is 230 g/mol. The number of nitrogens with one attached hydrogen (secondary N) is 1. The predicted molar refractivity (Wildman–Crippen MR) is 45.8 cm³/mol. The van der Waals surface area contributed by atoms with Crippen LogP contribution in [-0.4, -0.2) is 55.8 Å². The first-order valence-electron chi connectivity index (χ1n) is 4.10. The molecule has 1 rings (SSSR count). The predicted octanol–water partition coefficient (Wildman–Crippen LogP) is -0.628. The normalized spacial score (nSPS) is 23.6. The van der Waals surface area contributed by atoms with Gasteiger partial charge in [0.1, 0.15) is 0 Å². The van der Waals surface area contributed by atoms with Crippen LogP contribution >= 0.6 is 0 Å². The zero-order valence-corrected chi connectivity index (χ0v) is 8.23. The van der Waals surface area contributed by atoms with Gasteiger partial charge in [-0.05, 0) is 0 Å². The molecule has 5 nitrogen and oxygen atoms in total. The molecule has 1 aliphatic heterocycles. The molecule has 1 aliphatic rings. The first-order valence-corrected chi connectivity index (χ1v) is 5.71. The Morgan fingerprint density at radius 1 is 1.50 bits per heavy atom. The maximum Gasteiger partial charge on any atom is 0.317 e. The van der Waals surface area contributed by atoms with E-state index in [1.54, 1.807) is 0 Å². The summed E-state index contributed by atoms with van der Waals surface area (Å²) in [6.07, 6.45) is 0. The molecule has 0 saturated carbocycles. The molecule has 1 heterocycles. The molecule has 14 heavy (non-hydrogen) atoms. The second-order valence-corrected chi connectivity index (χ2v) is 4.69. The lowest BCUT2D eigenvalue weighted by atomic mass is 10.3. The number of nitrogens with zero attached hydrogens (tertiary/aromatic N) is 1. The minimum atomic E-state index is -4.17. The lowest BCUT2D eigenvalue weighted by Crippen LogP contribution is -2.57. The van der Waals surface area contributed by atoms with Crippen molar-refractivity contribution >= 4 is 10.1 Å². The Balaban J connectivity index is 2.50. The SMILES string of the molecule is O=S(=O)(O)CCN1CCNCC1(F)F. The summed E-state index contributed by atoms with van der Waals surface area (Å²) >= 11 is 0. The van der Waals surface area contributed by atoms with E-state index < -0.39 is 28.5 Å². The minimum Gasteiger partial charge on any atom is -0.309 e. The van der Waals surface area contributed by atoms with E-state index in [-0.39, 0.29) is 13.1 Å². The molecule has 0 amide bonds. The van der Waals surface area contributed by atoms with E-state index in [1.165, 1.54) is 0 Å². The van der Waals surface area contributed by atoms with Crippen molar-refractivity contribution in [2.45, 2.75) is 6.05 Å². The molecule has 0 atom stereocenters. The average molecular weight is 230 g/mol. The van der Waals surface area contributed by atoms with Gasteiger partial charge in [-0.15, -0.1) is 0 Å². The van der Waals surface area contributed by atoms with E-state index >= 15 is 0 Å². The van der Waals surface area contributed by atoms with E-state index in [9.17, 15) is 17.2 Å². The van der Waals surface area contributed by atoms with Gasteiger partial charge in [0.25, 0.3) is 10.1 Å². The molecule has 0 radical (unpaired) electrons. The van der Waals surface area contributed by atoms with E-state index in [2.05, 4.69) is 5.32 Å². The second kappa shape index (κ2) is 4.05. The maximum atomic E-state index is 13.0. The summed E-state index contributed by atoms with van der Waals surface area (Å²) < 4.78 is 55.2. The highest BCUT2D eigenvalue weighted by Crippen LogP contribution is 2.20. The number of halogens is 2. The first kappa shape index (κ1) is 11.8. The van der Waals surface area contributed by atoms with Crippen molar-refractivity contribution in [2.75, 3.05) is 31.9 Å². The molecule has 0 aromatic carbocycles. The summed E-state index contributed by atoms with van der Waals surface area (Å²) in [5.74, 6) is -0.664. The number of piperazine rings is 1. The zero-order chi connectivity index (χ0) is 10.8. The third kappa shape index (κ3) is 3.45. The van der Waals surface area contributed by atoms with Crippen molar-refractivity contribution in [1.82, 2.24) is 10.2 Å². The first-order chi connectivity index (χ1) is 6.31. The summed E-state index contributed by atoms with van der Waals surface area (Å²) in [7, 11) is -4.17. The van der Waals surface area contributed by atoms with Crippen molar-refractivity contribution in [3.8, 4) is 0 Å². The lowest BCUT2D eigenvalue weighted by Gasteiger charge is -2.35. The number of hydrogen-bond donors (Lipinski definition) is 2. The molecule has 84 valence electrons. The smallest absolute Gasteiger partial charge is 0.309 e. The summed E-state index contributed by atoms with van der Waals surface area (Å²) in [6, 6.07) is -3.04. The van der Waals surface area contributed by atoms with Crippen molar-refractivity contribution in [3.63, 3.8) is 0 Å². The molecular weight excluding hydrogens is 218 g/mol. The van der Waals surface area contributed by atoms with Crippen LogP contribution in [0.15, 0.2) is 0 Å². The summed E-state index contributed by atoms with van der Waals surface area (Å²) in [5.41, 5.74) is 0. The van der Waals surface area contributed by atoms with E-state index in [1.807, 2.05) is 0 Å². The highest BCUT2D eigenvalue weighted by Gasteiger charge is 2.39. The van der Waals surface area contributed by atoms with Gasteiger partial charge in [-0.3, -0.25) is 4.55 Å². The van der Waals surface area contributed by atoms with Crippen LogP contribution in [0.4, 0.5) is 8.78 Å². The van der Waals surface area contributed by atoms with Gasteiger partial charge in [-0.1, -0.05) is 0 Å². The van der Waals surface area contributed by atoms with E-state index in [0.717, 1.165) is 4.90 Å². The van der Waals surface area contributed by atoms with Crippen LogP contribution < -0.4 is 5.32 Å². The van der Waals surface area contributed by atoms with Crippen LogP contribution in [-0.2, 0) is 10.1 Å². The van der Waals surface area contributed by atoms with Gasteiger partial charge in [-0.2, -0.15) is 17.2 Å². The standard InChI is InChI=1S/C6H12F2N2O3S/c7-6(8)5-9-1-2-10(6)3-4-14(11,12)13/h9H,1-5H2,(H,11,12,13). The van der Waals surface area contributed by atoms with Crippen LogP contribution in [0.5, 0.6) is 0 Å². The third-order valence-corrected chi connectivity index (χ3v) is 2.68. The number of rotatable bonds is 3. The Morgan fingerprint density at radius 2 is 2.14 bits per heavy atom. The fourth-order valence-corrected chi connectivity index (χ4v) is 1.68.